The number of carbonyl (C=O) groups excluding carboxylic acids is 1. The van der Waals surface area contributed by atoms with E-state index in [4.69, 9.17) is 15.6 Å². The van der Waals surface area contributed by atoms with E-state index in [2.05, 4.69) is 27.2 Å². The first kappa shape index (κ1) is 24.7. The van der Waals surface area contributed by atoms with E-state index in [0.717, 1.165) is 31.2 Å². The van der Waals surface area contributed by atoms with Crippen LogP contribution in [0.5, 0.6) is 12.0 Å². The van der Waals surface area contributed by atoms with Crippen molar-refractivity contribution in [2.45, 2.75) is 52.0 Å². The summed E-state index contributed by atoms with van der Waals surface area (Å²) in [5.41, 5.74) is 7.97. The molecular formula is C23H30N6O5. The molecule has 11 nitrogen and oxygen atoms in total. The monoisotopic (exact) mass is 470 g/mol. The summed E-state index contributed by atoms with van der Waals surface area (Å²) in [6.45, 7) is 3.26. The summed E-state index contributed by atoms with van der Waals surface area (Å²) in [6, 6.07) is 6.87. The number of benzene rings is 1. The van der Waals surface area contributed by atoms with Crippen LogP contribution in [0.4, 0.5) is 5.82 Å². The standard InChI is InChI=1S/C23H30N6O5/c1-2-3-13-34-22-27-19(24)18-20(28-22)29(23(33)26-18)14-15-8-10-16(11-9-15)21(32)25-12-6-4-5-7-17(30)31/h8-11H,2-7,12-14H2,1H3,(H,25,32)(H,26,33)(H,30,31)(H2,24,27,28). The normalized spacial score (nSPS) is 11.0. The summed E-state index contributed by atoms with van der Waals surface area (Å²) >= 11 is 0. The molecule has 0 saturated heterocycles. The van der Waals surface area contributed by atoms with Crippen LogP contribution in [0.15, 0.2) is 24.3 Å². The Morgan fingerprint density at radius 2 is 1.85 bits per heavy atom. The maximum Gasteiger partial charge on any atom is 0.320 e. The number of rotatable bonds is 13. The number of nitrogen functional groups attached to an aromatic ring is 1. The molecule has 11 heteroatoms. The van der Waals surface area contributed by atoms with Crippen molar-refractivity contribution >= 4 is 28.9 Å². The Hall–Kier alpha value is -3.89. The summed E-state index contributed by atoms with van der Waals surface area (Å²) in [7, 11) is 0. The van der Waals surface area contributed by atoms with Crippen LogP contribution >= 0.6 is 0 Å². The lowest BCUT2D eigenvalue weighted by Crippen LogP contribution is -2.24. The SMILES string of the molecule is CCCCOc1nc(N)c2nc(O)n(Cc3ccc(C(=O)NCCCCCC(=O)O)cc3)c2n1. The molecule has 0 saturated carbocycles. The molecule has 0 aliphatic carbocycles. The fraction of sp³-hybridized carbons (Fsp3) is 0.435. The third-order valence-corrected chi connectivity index (χ3v) is 5.22. The van der Waals surface area contributed by atoms with Crippen molar-refractivity contribution in [3.8, 4) is 12.0 Å². The maximum atomic E-state index is 12.3. The van der Waals surface area contributed by atoms with E-state index < -0.39 is 5.97 Å². The number of nitrogens with zero attached hydrogens (tertiary/aromatic N) is 4. The number of fused-ring (bicyclic) bond motifs is 1. The number of hydrogen-bond acceptors (Lipinski definition) is 8. The molecule has 34 heavy (non-hydrogen) atoms. The van der Waals surface area contributed by atoms with Crippen molar-refractivity contribution in [3.05, 3.63) is 35.4 Å². The Bertz CT molecular complexity index is 1130. The number of nitrogens with one attached hydrogen (secondary N) is 1. The second-order valence-electron chi connectivity index (χ2n) is 7.92. The Balaban J connectivity index is 1.63. The zero-order valence-electron chi connectivity index (χ0n) is 19.2. The molecule has 2 heterocycles. The molecule has 3 aromatic rings. The fourth-order valence-electron chi connectivity index (χ4n) is 3.33. The summed E-state index contributed by atoms with van der Waals surface area (Å²) < 4.78 is 7.07. The number of imidazole rings is 1. The number of ether oxygens (including phenoxy) is 1. The van der Waals surface area contributed by atoms with Gasteiger partial charge in [0.05, 0.1) is 13.2 Å². The molecule has 0 bridgehead atoms. The number of aromatic nitrogens is 4. The number of aliphatic carboxylic acids is 1. The van der Waals surface area contributed by atoms with E-state index in [0.29, 0.717) is 36.3 Å². The van der Waals surface area contributed by atoms with Crippen molar-refractivity contribution in [2.75, 3.05) is 18.9 Å². The third kappa shape index (κ3) is 6.56. The van der Waals surface area contributed by atoms with E-state index >= 15 is 0 Å². The molecule has 3 rings (SSSR count). The Morgan fingerprint density at radius 1 is 1.09 bits per heavy atom. The zero-order valence-corrected chi connectivity index (χ0v) is 19.2. The summed E-state index contributed by atoms with van der Waals surface area (Å²) in [5, 5.41) is 21.8. The van der Waals surface area contributed by atoms with Gasteiger partial charge in [-0.3, -0.25) is 14.2 Å². The lowest BCUT2D eigenvalue weighted by Gasteiger charge is -2.09. The van der Waals surface area contributed by atoms with Gasteiger partial charge in [-0.2, -0.15) is 15.0 Å². The van der Waals surface area contributed by atoms with E-state index in [9.17, 15) is 14.7 Å². The largest absolute Gasteiger partial charge is 0.481 e. The van der Waals surface area contributed by atoms with Gasteiger partial charge in [-0.05, 0) is 37.0 Å². The van der Waals surface area contributed by atoms with Crippen molar-refractivity contribution in [2.24, 2.45) is 0 Å². The van der Waals surface area contributed by atoms with Crippen LogP contribution in [-0.4, -0.2) is 54.8 Å². The molecule has 1 amide bonds. The molecule has 182 valence electrons. The van der Waals surface area contributed by atoms with E-state index in [1.807, 2.05) is 0 Å². The van der Waals surface area contributed by atoms with E-state index in [1.54, 1.807) is 24.3 Å². The van der Waals surface area contributed by atoms with Gasteiger partial charge >= 0.3 is 12.0 Å². The first-order chi connectivity index (χ1) is 16.4. The maximum absolute atomic E-state index is 12.3. The number of nitrogens with two attached hydrogens (primary N) is 1. The number of anilines is 1. The van der Waals surface area contributed by atoms with Crippen LogP contribution in [0.25, 0.3) is 11.2 Å². The Kier molecular flexibility index (Phi) is 8.60. The molecule has 0 atom stereocenters. The highest BCUT2D eigenvalue weighted by Crippen LogP contribution is 2.25. The van der Waals surface area contributed by atoms with E-state index in [1.165, 1.54) is 4.57 Å². The van der Waals surface area contributed by atoms with Crippen LogP contribution in [0.1, 0.15) is 61.4 Å². The number of carbonyl (C=O) groups is 2. The molecule has 0 unspecified atom stereocenters. The van der Waals surface area contributed by atoms with Crippen molar-refractivity contribution in [1.82, 2.24) is 24.8 Å². The van der Waals surface area contributed by atoms with Crippen LogP contribution in [0, 0.1) is 0 Å². The van der Waals surface area contributed by atoms with Crippen LogP contribution in [-0.2, 0) is 11.3 Å². The lowest BCUT2D eigenvalue weighted by atomic mass is 10.1. The van der Waals surface area contributed by atoms with Gasteiger partial charge in [-0.15, -0.1) is 0 Å². The minimum absolute atomic E-state index is 0.125. The Labute approximate surface area is 197 Å². The van der Waals surface area contributed by atoms with Crippen molar-refractivity contribution < 1.29 is 24.5 Å². The predicted octanol–water partition coefficient (Wildman–Crippen LogP) is 2.72. The fourth-order valence-corrected chi connectivity index (χ4v) is 3.33. The lowest BCUT2D eigenvalue weighted by molar-refractivity contribution is -0.137. The molecule has 5 N–H and O–H groups in total. The van der Waals surface area contributed by atoms with Crippen molar-refractivity contribution in [3.63, 3.8) is 0 Å². The number of carboxylic acid groups (broad SMARTS) is 1. The molecule has 0 aliphatic rings. The van der Waals surface area contributed by atoms with Crippen LogP contribution in [0.2, 0.25) is 0 Å². The zero-order chi connectivity index (χ0) is 24.5. The summed E-state index contributed by atoms with van der Waals surface area (Å²) in [4.78, 5) is 35.4. The number of amides is 1. The Morgan fingerprint density at radius 3 is 2.56 bits per heavy atom. The number of unbranched alkanes of at least 4 members (excludes halogenated alkanes) is 3. The van der Waals surface area contributed by atoms with Gasteiger partial charge in [0.25, 0.3) is 11.9 Å². The van der Waals surface area contributed by atoms with Gasteiger partial charge in [0.1, 0.15) is 0 Å². The van der Waals surface area contributed by atoms with Crippen molar-refractivity contribution in [1.29, 1.82) is 0 Å². The molecule has 0 spiro atoms. The van der Waals surface area contributed by atoms with Gasteiger partial charge in [-0.25, -0.2) is 0 Å². The average Bonchev–Trinajstić information content (AvgIpc) is 3.12. The van der Waals surface area contributed by atoms with Gasteiger partial charge in [-0.1, -0.05) is 31.9 Å². The third-order valence-electron chi connectivity index (χ3n) is 5.22. The second kappa shape index (κ2) is 11.8. The quantitative estimate of drug-likeness (QED) is 0.275. The second-order valence-corrected chi connectivity index (χ2v) is 7.92. The predicted molar refractivity (Wildman–Crippen MR) is 126 cm³/mol. The van der Waals surface area contributed by atoms with Gasteiger partial charge in [0.15, 0.2) is 17.0 Å². The van der Waals surface area contributed by atoms with Crippen LogP contribution < -0.4 is 15.8 Å². The first-order valence-electron chi connectivity index (χ1n) is 11.3. The highest BCUT2D eigenvalue weighted by Gasteiger charge is 2.17. The number of carboxylic acids is 1. The first-order valence-corrected chi connectivity index (χ1v) is 11.3. The molecule has 2 aromatic heterocycles. The minimum atomic E-state index is -0.808. The molecule has 0 fully saturated rings. The highest BCUT2D eigenvalue weighted by atomic mass is 16.5. The molecular weight excluding hydrogens is 440 g/mol. The average molecular weight is 471 g/mol. The number of hydrogen-bond donors (Lipinski definition) is 4. The van der Waals surface area contributed by atoms with Gasteiger partial charge in [0, 0.05) is 18.5 Å². The topological polar surface area (TPSA) is 165 Å². The highest BCUT2D eigenvalue weighted by molar-refractivity contribution is 5.94. The minimum Gasteiger partial charge on any atom is -0.481 e. The van der Waals surface area contributed by atoms with Gasteiger partial charge < -0.3 is 26.0 Å². The van der Waals surface area contributed by atoms with Gasteiger partial charge in [0.2, 0.25) is 0 Å². The smallest absolute Gasteiger partial charge is 0.320 e. The van der Waals surface area contributed by atoms with Crippen LogP contribution in [0.3, 0.4) is 0 Å². The summed E-state index contributed by atoms with van der Waals surface area (Å²) in [6.07, 6.45) is 4.03. The summed E-state index contributed by atoms with van der Waals surface area (Å²) in [5.74, 6) is -0.881. The van der Waals surface area contributed by atoms with E-state index in [-0.39, 0.29) is 36.7 Å². The molecule has 0 radical (unpaired) electrons. The molecule has 1 aromatic carbocycles. The number of aromatic hydroxyl groups is 1. The molecule has 0 aliphatic heterocycles.